The molecular weight excluding hydrogens is 799 g/mol. The van der Waals surface area contributed by atoms with Crippen molar-refractivity contribution in [3.8, 4) is 11.1 Å². The summed E-state index contributed by atoms with van der Waals surface area (Å²) in [6.07, 6.45) is 2.57. The van der Waals surface area contributed by atoms with Crippen LogP contribution in [0.3, 0.4) is 0 Å². The van der Waals surface area contributed by atoms with E-state index in [0.717, 1.165) is 0 Å². The van der Waals surface area contributed by atoms with Crippen LogP contribution in [0.1, 0.15) is 162 Å². The number of fused-ring (bicyclic) bond motifs is 3. The van der Waals surface area contributed by atoms with Gasteiger partial charge in [0.1, 0.15) is 0 Å². The van der Waals surface area contributed by atoms with Crippen LogP contribution in [-0.2, 0) is 46.4 Å². The Labute approximate surface area is 368 Å². The summed E-state index contributed by atoms with van der Waals surface area (Å²) < 4.78 is 1.49. The quantitative estimate of drug-likeness (QED) is 0.205. The van der Waals surface area contributed by atoms with Crippen molar-refractivity contribution in [1.82, 2.24) is 0 Å². The first-order valence-corrected chi connectivity index (χ1v) is 21.4. The predicted molar refractivity (Wildman–Crippen MR) is 232 cm³/mol. The molecule has 3 heteroatoms. The van der Waals surface area contributed by atoms with Gasteiger partial charge in [-0.25, -0.2) is 0 Å². The molecule has 4 aromatic rings. The standard InChI is InChI=1S/C53H65.2ClH.Zr/c1-32-28-44(52(12,13)14)33(2)45(32)47-42-30-36-29-39(51(9,10)11)26-27-40(36)41(42)31-43(48(47)53(15,16)17)46(34-18-22-37(23-19-34)49(3,4)5)35-20-24-38(25-21-35)50(6,7)8;;;/h18-29,31-32H,1-17H3;2*1H;/q;;;+2/p-2. The Morgan fingerprint density at radius 2 is 0.964 bits per heavy atom. The molecule has 0 aromatic heterocycles. The van der Waals surface area contributed by atoms with Gasteiger partial charge in [-0.05, 0) is 0 Å². The molecule has 0 amide bonds. The summed E-state index contributed by atoms with van der Waals surface area (Å²) in [5.74, 6) is 0.317. The molecule has 6 rings (SSSR count). The molecular formula is C53H65Cl2Zr. The Bertz CT molecular complexity index is 2270. The Hall–Kier alpha value is -2.44. The Morgan fingerprint density at radius 1 is 0.518 bits per heavy atom. The van der Waals surface area contributed by atoms with Gasteiger partial charge in [0.05, 0.1) is 0 Å². The molecule has 0 saturated heterocycles. The summed E-state index contributed by atoms with van der Waals surface area (Å²) in [5.41, 5.74) is 19.7. The zero-order chi connectivity index (χ0) is 40.1. The van der Waals surface area contributed by atoms with Gasteiger partial charge in [-0.3, -0.25) is 0 Å². The second kappa shape index (κ2) is 15.6. The number of halogens is 2. The van der Waals surface area contributed by atoms with Crippen LogP contribution in [-0.4, -0.2) is 0 Å². The van der Waals surface area contributed by atoms with Crippen molar-refractivity contribution in [1.29, 1.82) is 0 Å². The molecule has 295 valence electrons. The maximum absolute atomic E-state index is 2.60. The van der Waals surface area contributed by atoms with Gasteiger partial charge >= 0.3 is 346 Å². The third-order valence-electron chi connectivity index (χ3n) is 11.9. The first kappa shape index (κ1) is 46.3. The fourth-order valence-electron chi connectivity index (χ4n) is 8.91. The molecule has 0 fully saturated rings. The number of allylic oxidation sites excluding steroid dienone is 4. The van der Waals surface area contributed by atoms with Gasteiger partial charge in [0.15, 0.2) is 0 Å². The average Bonchev–Trinajstić information content (AvgIpc) is 3.51. The van der Waals surface area contributed by atoms with Crippen LogP contribution in [0.2, 0.25) is 0 Å². The third kappa shape index (κ3) is 8.50. The number of rotatable bonds is 3. The van der Waals surface area contributed by atoms with Crippen molar-refractivity contribution in [3.63, 3.8) is 0 Å². The van der Waals surface area contributed by atoms with Crippen molar-refractivity contribution in [3.05, 3.63) is 145 Å². The number of hydrogen-bond donors (Lipinski definition) is 0. The molecule has 0 saturated carbocycles. The van der Waals surface area contributed by atoms with Crippen LogP contribution in [0.25, 0.3) is 25.6 Å². The first-order chi connectivity index (χ1) is 24.7. The zero-order valence-electron chi connectivity index (χ0n) is 37.3. The van der Waals surface area contributed by atoms with Crippen molar-refractivity contribution < 1.29 is 49.5 Å². The fraction of sp³-hybridized carbons (Fsp3) is 0.434. The molecule has 0 bridgehead atoms. The maximum Gasteiger partial charge on any atom is -1.00 e. The van der Waals surface area contributed by atoms with Gasteiger partial charge in [0, 0.05) is 0 Å². The van der Waals surface area contributed by atoms with Crippen LogP contribution in [0.15, 0.2) is 90.0 Å². The average molecular weight is 864 g/mol. The fourth-order valence-corrected chi connectivity index (χ4v) is 10.1. The van der Waals surface area contributed by atoms with E-state index in [2.05, 4.69) is 197 Å². The van der Waals surface area contributed by atoms with Crippen molar-refractivity contribution in [2.75, 3.05) is 0 Å². The van der Waals surface area contributed by atoms with Crippen molar-refractivity contribution in [2.45, 2.75) is 139 Å². The Morgan fingerprint density at radius 3 is 1.36 bits per heavy atom. The molecule has 0 aliphatic heterocycles. The van der Waals surface area contributed by atoms with Gasteiger partial charge in [-0.2, -0.15) is 0 Å². The molecule has 2 aliphatic carbocycles. The van der Waals surface area contributed by atoms with Gasteiger partial charge < -0.3 is 24.8 Å². The molecule has 0 N–H and O–H groups in total. The van der Waals surface area contributed by atoms with E-state index in [-0.39, 0.29) is 51.9 Å². The summed E-state index contributed by atoms with van der Waals surface area (Å²) >= 11 is 1.47. The van der Waals surface area contributed by atoms with Gasteiger partial charge in [-0.1, -0.05) is 0 Å². The second-order valence-corrected chi connectivity index (χ2v) is 22.6. The van der Waals surface area contributed by atoms with E-state index in [1.54, 1.807) is 0 Å². The van der Waals surface area contributed by atoms with Crippen LogP contribution in [0.4, 0.5) is 0 Å². The van der Waals surface area contributed by atoms with Crippen molar-refractivity contribution >= 4 is 14.4 Å². The summed E-state index contributed by atoms with van der Waals surface area (Å²) in [6, 6.07) is 28.9. The monoisotopic (exact) mass is 861 g/mol. The van der Waals surface area contributed by atoms with Crippen LogP contribution in [0.5, 0.6) is 0 Å². The minimum atomic E-state index is -0.138. The van der Waals surface area contributed by atoms with E-state index in [9.17, 15) is 0 Å². The molecule has 0 spiro atoms. The Balaban J connectivity index is 0.00000348. The van der Waals surface area contributed by atoms with Crippen LogP contribution >= 0.6 is 0 Å². The summed E-state index contributed by atoms with van der Waals surface area (Å²) in [7, 11) is 0. The first-order valence-electron chi connectivity index (χ1n) is 20.2. The molecule has 0 heterocycles. The molecule has 0 radical (unpaired) electrons. The summed E-state index contributed by atoms with van der Waals surface area (Å²) in [4.78, 5) is 0. The van der Waals surface area contributed by atoms with E-state index in [1.165, 1.54) is 116 Å². The zero-order valence-corrected chi connectivity index (χ0v) is 41.3. The maximum atomic E-state index is 2.60. The predicted octanol–water partition coefficient (Wildman–Crippen LogP) is 7.21. The van der Waals surface area contributed by atoms with Crippen LogP contribution in [0, 0.1) is 11.3 Å². The normalized spacial score (nSPS) is 15.9. The molecule has 56 heavy (non-hydrogen) atoms. The topological polar surface area (TPSA) is 0 Å². The molecule has 1 unspecified atom stereocenters. The van der Waals surface area contributed by atoms with Gasteiger partial charge in [0.25, 0.3) is 0 Å². The van der Waals surface area contributed by atoms with Gasteiger partial charge in [-0.15, -0.1) is 0 Å². The van der Waals surface area contributed by atoms with Crippen LogP contribution < -0.4 is 35.3 Å². The van der Waals surface area contributed by atoms with E-state index < -0.39 is 0 Å². The number of hydrogen-bond acceptors (Lipinski definition) is 0. The van der Waals surface area contributed by atoms with E-state index in [0.29, 0.717) is 5.92 Å². The SMILES string of the molecule is CC1=C(c2c(C(C)(C)C)c(=C(c3ccc(C(C)(C)C)cc3)c3ccc(C(C)(C)C)cc3)cc3c2=[C]([Zr+2])c2cc(C(C)(C)C)ccc2-3)C(C)C=C1C(C)(C)C.[Cl-].[Cl-]. The minimum Gasteiger partial charge on any atom is -1.00 e. The third-order valence-corrected chi connectivity index (χ3v) is 13.2. The Kier molecular flexibility index (Phi) is 12.9. The minimum absolute atomic E-state index is 0. The largest absolute Gasteiger partial charge is 1.00 e. The van der Waals surface area contributed by atoms with E-state index >= 15 is 0 Å². The smallest absolute Gasteiger partial charge is 1.00 e. The van der Waals surface area contributed by atoms with E-state index in [4.69, 9.17) is 0 Å². The molecule has 4 aromatic carbocycles. The van der Waals surface area contributed by atoms with Gasteiger partial charge in [0.2, 0.25) is 0 Å². The summed E-state index contributed by atoms with van der Waals surface area (Å²) in [6.45, 7) is 40.2. The molecule has 0 nitrogen and oxygen atoms in total. The van der Waals surface area contributed by atoms with Crippen molar-refractivity contribution in [2.24, 2.45) is 11.3 Å². The van der Waals surface area contributed by atoms with E-state index in [1.807, 2.05) is 0 Å². The molecule has 2 aliphatic rings. The second-order valence-electron chi connectivity index (χ2n) is 21.4. The molecule has 1 atom stereocenters. The number of benzene rings is 4. The summed E-state index contributed by atoms with van der Waals surface area (Å²) in [5, 5.41) is 2.83.